The number of nitrogens with two attached hydrogens (primary N) is 1. The molecule has 0 aromatic carbocycles. The number of H-pyrrole nitrogens is 1. The molecule has 0 aliphatic carbocycles. The molecule has 0 saturated heterocycles. The number of aromatic nitrogens is 2. The van der Waals surface area contributed by atoms with Crippen LogP contribution >= 0.6 is 0 Å². The molecule has 72 valence electrons. The highest BCUT2D eigenvalue weighted by molar-refractivity contribution is 5.77. The molecule has 0 fully saturated rings. The normalized spacial score (nSPS) is 11.6. The quantitative estimate of drug-likeness (QED) is 0.389. The molecule has 1 heterocycles. The number of hydrogen-bond donors (Lipinski definition) is 3. The lowest BCUT2D eigenvalue weighted by atomic mass is 10.4. The van der Waals surface area contributed by atoms with Gasteiger partial charge in [0, 0.05) is 20.0 Å². The lowest BCUT2D eigenvalue weighted by Crippen LogP contribution is -2.33. The van der Waals surface area contributed by atoms with Crippen LogP contribution in [0.25, 0.3) is 0 Å². The zero-order valence-electron chi connectivity index (χ0n) is 7.20. The van der Waals surface area contributed by atoms with Crippen molar-refractivity contribution in [2.24, 2.45) is 10.7 Å². The molecule has 1 aromatic rings. The highest BCUT2D eigenvalue weighted by atomic mass is 16.5. The van der Waals surface area contributed by atoms with Gasteiger partial charge in [-0.05, 0) is 0 Å². The average molecular weight is 185 g/mol. The van der Waals surface area contributed by atoms with E-state index in [1.807, 2.05) is 0 Å². The molecule has 0 amide bonds. The van der Waals surface area contributed by atoms with Gasteiger partial charge in [-0.2, -0.15) is 0 Å². The van der Waals surface area contributed by atoms with Crippen LogP contribution in [0.5, 0.6) is 0 Å². The van der Waals surface area contributed by atoms with Crippen molar-refractivity contribution in [3.05, 3.63) is 16.4 Å². The summed E-state index contributed by atoms with van der Waals surface area (Å²) in [7, 11) is 1.58. The smallest absolute Gasteiger partial charge is 0.370 e. The second-order valence-corrected chi connectivity index (χ2v) is 2.33. The van der Waals surface area contributed by atoms with Gasteiger partial charge in [0.25, 0.3) is 0 Å². The van der Waals surface area contributed by atoms with E-state index in [2.05, 4.69) is 25.0 Å². The van der Waals surface area contributed by atoms with Crippen molar-refractivity contribution in [1.82, 2.24) is 15.5 Å². The predicted molar refractivity (Wildman–Crippen MR) is 46.4 cm³/mol. The van der Waals surface area contributed by atoms with E-state index < -0.39 is 5.76 Å². The fourth-order valence-corrected chi connectivity index (χ4v) is 0.756. The van der Waals surface area contributed by atoms with Gasteiger partial charge in [-0.25, -0.2) is 4.79 Å². The van der Waals surface area contributed by atoms with E-state index in [0.29, 0.717) is 24.7 Å². The first-order chi connectivity index (χ1) is 6.22. The second-order valence-electron chi connectivity index (χ2n) is 2.33. The third-order valence-corrected chi connectivity index (χ3v) is 1.39. The van der Waals surface area contributed by atoms with Crippen molar-refractivity contribution in [3.63, 3.8) is 0 Å². The Kier molecular flexibility index (Phi) is 3.07. The Labute approximate surface area is 74.0 Å². The summed E-state index contributed by atoms with van der Waals surface area (Å²) in [6.07, 6.45) is 0.530. The summed E-state index contributed by atoms with van der Waals surface area (Å²) in [5.41, 5.74) is 5.37. The van der Waals surface area contributed by atoms with Crippen molar-refractivity contribution in [2.75, 3.05) is 13.6 Å². The maximum Gasteiger partial charge on any atom is 0.438 e. The Morgan fingerprint density at radius 2 is 2.62 bits per heavy atom. The van der Waals surface area contributed by atoms with Gasteiger partial charge in [0.2, 0.25) is 0 Å². The van der Waals surface area contributed by atoms with Gasteiger partial charge in [0.05, 0.1) is 0 Å². The molecule has 0 bridgehead atoms. The number of aliphatic imine (C=N–C) groups is 1. The Bertz CT molecular complexity index is 339. The number of hydrogen-bond acceptors (Lipinski definition) is 4. The first kappa shape index (κ1) is 9.30. The van der Waals surface area contributed by atoms with Gasteiger partial charge >= 0.3 is 5.76 Å². The van der Waals surface area contributed by atoms with Gasteiger partial charge in [-0.15, -0.1) is 0 Å². The van der Waals surface area contributed by atoms with E-state index in [9.17, 15) is 4.79 Å². The molecule has 0 aliphatic rings. The van der Waals surface area contributed by atoms with Crippen molar-refractivity contribution < 1.29 is 4.52 Å². The molecule has 7 heteroatoms. The maximum atomic E-state index is 10.5. The topological polar surface area (TPSA) is 109 Å². The molecule has 7 nitrogen and oxygen atoms in total. The van der Waals surface area contributed by atoms with Gasteiger partial charge < -0.3 is 11.1 Å². The summed E-state index contributed by atoms with van der Waals surface area (Å²) in [4.78, 5) is 16.6. The van der Waals surface area contributed by atoms with Gasteiger partial charge in [-0.3, -0.25) is 14.5 Å². The first-order valence-corrected chi connectivity index (χ1v) is 3.73. The third-order valence-electron chi connectivity index (χ3n) is 1.39. The Morgan fingerprint density at radius 1 is 1.85 bits per heavy atom. The number of aromatic amines is 1. The molecule has 0 saturated carbocycles. The van der Waals surface area contributed by atoms with Crippen LogP contribution in [-0.4, -0.2) is 29.7 Å². The highest BCUT2D eigenvalue weighted by Crippen LogP contribution is 1.83. The first-order valence-electron chi connectivity index (χ1n) is 3.73. The van der Waals surface area contributed by atoms with Crippen LogP contribution in [0.4, 0.5) is 0 Å². The molecule has 13 heavy (non-hydrogen) atoms. The molecular weight excluding hydrogens is 174 g/mol. The molecular formula is C6H11N5O2. The predicted octanol–water partition coefficient (Wildman–Crippen LogP) is -1.56. The van der Waals surface area contributed by atoms with Crippen molar-refractivity contribution in [3.8, 4) is 0 Å². The molecule has 0 unspecified atom stereocenters. The molecule has 0 atom stereocenters. The van der Waals surface area contributed by atoms with Crippen molar-refractivity contribution in [2.45, 2.75) is 6.42 Å². The van der Waals surface area contributed by atoms with Gasteiger partial charge in [-0.1, -0.05) is 5.16 Å². The van der Waals surface area contributed by atoms with Crippen LogP contribution in [0.2, 0.25) is 0 Å². The van der Waals surface area contributed by atoms with E-state index in [1.165, 1.54) is 0 Å². The summed E-state index contributed by atoms with van der Waals surface area (Å²) in [5.74, 6) is 0.291. The summed E-state index contributed by atoms with van der Waals surface area (Å²) >= 11 is 0. The minimum absolute atomic E-state index is 0.353. The molecule has 0 aliphatic heterocycles. The standard InChI is InChI=1S/C6H11N5O2/c1-8-5(7)9-3-2-4-10-6(12)13-11-4/h2-3H2,1H3,(H3,7,8,9)(H,10,11,12). The van der Waals surface area contributed by atoms with Crippen LogP contribution in [0, 0.1) is 0 Å². The monoisotopic (exact) mass is 185 g/mol. The number of rotatable bonds is 3. The summed E-state index contributed by atoms with van der Waals surface area (Å²) in [6, 6.07) is 0. The number of guanidine groups is 1. The lowest BCUT2D eigenvalue weighted by molar-refractivity contribution is 0.381. The molecule has 4 N–H and O–H groups in total. The largest absolute Gasteiger partial charge is 0.438 e. The zero-order chi connectivity index (χ0) is 9.68. The van der Waals surface area contributed by atoms with Crippen LogP contribution in [0.15, 0.2) is 14.3 Å². The SMILES string of the molecule is CN=C(N)NCCc1noc(=O)[nH]1. The van der Waals surface area contributed by atoms with E-state index in [1.54, 1.807) is 7.05 Å². The summed E-state index contributed by atoms with van der Waals surface area (Å²) in [6.45, 7) is 0.547. The van der Waals surface area contributed by atoms with Crippen LogP contribution < -0.4 is 16.8 Å². The highest BCUT2D eigenvalue weighted by Gasteiger charge is 1.99. The zero-order valence-corrected chi connectivity index (χ0v) is 7.20. The van der Waals surface area contributed by atoms with E-state index in [4.69, 9.17) is 5.73 Å². The van der Waals surface area contributed by atoms with Crippen LogP contribution in [-0.2, 0) is 6.42 Å². The van der Waals surface area contributed by atoms with Crippen LogP contribution in [0.3, 0.4) is 0 Å². The van der Waals surface area contributed by atoms with E-state index >= 15 is 0 Å². The fraction of sp³-hybridized carbons (Fsp3) is 0.500. The molecule has 1 rings (SSSR count). The van der Waals surface area contributed by atoms with Crippen molar-refractivity contribution in [1.29, 1.82) is 0 Å². The minimum Gasteiger partial charge on any atom is -0.370 e. The van der Waals surface area contributed by atoms with E-state index in [-0.39, 0.29) is 0 Å². The maximum absolute atomic E-state index is 10.5. The van der Waals surface area contributed by atoms with Gasteiger partial charge in [0.15, 0.2) is 11.8 Å². The minimum atomic E-state index is -0.549. The number of nitrogens with one attached hydrogen (secondary N) is 2. The summed E-state index contributed by atoms with van der Waals surface area (Å²) in [5, 5.41) is 6.29. The lowest BCUT2D eigenvalue weighted by Gasteiger charge is -2.00. The average Bonchev–Trinajstić information content (AvgIpc) is 2.51. The molecule has 0 spiro atoms. The third kappa shape index (κ3) is 2.97. The Hall–Kier alpha value is -1.79. The fourth-order valence-electron chi connectivity index (χ4n) is 0.756. The molecule has 1 aromatic heterocycles. The summed E-state index contributed by atoms with van der Waals surface area (Å²) < 4.78 is 4.30. The second kappa shape index (κ2) is 4.29. The Balaban J connectivity index is 2.32. The molecule has 0 radical (unpaired) electrons. The van der Waals surface area contributed by atoms with Crippen molar-refractivity contribution >= 4 is 5.96 Å². The van der Waals surface area contributed by atoms with E-state index in [0.717, 1.165) is 0 Å². The van der Waals surface area contributed by atoms with Gasteiger partial charge in [0.1, 0.15) is 0 Å². The number of nitrogens with zero attached hydrogens (tertiary/aromatic N) is 2. The van der Waals surface area contributed by atoms with Crippen LogP contribution in [0.1, 0.15) is 5.82 Å². The Morgan fingerprint density at radius 3 is 3.15 bits per heavy atom.